The number of aromatic nitrogens is 1. The number of ether oxygens (including phenoxy) is 1. The predicted molar refractivity (Wildman–Crippen MR) is 80.0 cm³/mol. The standard InChI is InChI=1S/C16H25NO3/c1-4-7-9-13(5-2)12-17-11-8-10-14(15(17)18)16(19)20-6-3/h8,10-11,13H,4-7,9,12H2,1-3H3. The van der Waals surface area contributed by atoms with Crippen LogP contribution < -0.4 is 5.56 Å². The van der Waals surface area contributed by atoms with Gasteiger partial charge in [-0.2, -0.15) is 0 Å². The third-order valence-corrected chi connectivity index (χ3v) is 3.51. The first kappa shape index (κ1) is 16.5. The number of hydrogen-bond donors (Lipinski definition) is 0. The Morgan fingerprint density at radius 2 is 2.10 bits per heavy atom. The Morgan fingerprint density at radius 1 is 1.35 bits per heavy atom. The minimum atomic E-state index is -0.534. The van der Waals surface area contributed by atoms with Crippen molar-refractivity contribution < 1.29 is 9.53 Å². The zero-order valence-electron chi connectivity index (χ0n) is 12.7. The van der Waals surface area contributed by atoms with Crippen molar-refractivity contribution in [1.82, 2.24) is 4.57 Å². The number of rotatable bonds is 8. The van der Waals surface area contributed by atoms with Gasteiger partial charge in [-0.05, 0) is 31.4 Å². The summed E-state index contributed by atoms with van der Waals surface area (Å²) in [6, 6.07) is 3.27. The van der Waals surface area contributed by atoms with Crippen molar-refractivity contribution in [2.24, 2.45) is 5.92 Å². The summed E-state index contributed by atoms with van der Waals surface area (Å²) in [5.41, 5.74) is -0.124. The second-order valence-corrected chi connectivity index (χ2v) is 5.02. The van der Waals surface area contributed by atoms with Crippen LogP contribution in [0.2, 0.25) is 0 Å². The molecule has 1 aromatic heterocycles. The van der Waals surface area contributed by atoms with E-state index in [1.807, 2.05) is 0 Å². The van der Waals surface area contributed by atoms with Crippen LogP contribution in [-0.4, -0.2) is 17.1 Å². The molecule has 0 aliphatic carbocycles. The second-order valence-electron chi connectivity index (χ2n) is 5.02. The van der Waals surface area contributed by atoms with E-state index >= 15 is 0 Å². The lowest BCUT2D eigenvalue weighted by atomic mass is 9.99. The van der Waals surface area contributed by atoms with Gasteiger partial charge in [0.2, 0.25) is 0 Å². The fraction of sp³-hybridized carbons (Fsp3) is 0.625. The number of carbonyl (C=O) groups is 1. The average molecular weight is 279 g/mol. The molecule has 0 saturated carbocycles. The first-order chi connectivity index (χ1) is 9.63. The topological polar surface area (TPSA) is 48.3 Å². The predicted octanol–water partition coefficient (Wildman–Crippen LogP) is 3.24. The fourth-order valence-corrected chi connectivity index (χ4v) is 2.24. The highest BCUT2D eigenvalue weighted by Gasteiger charge is 2.14. The number of unbranched alkanes of at least 4 members (excludes halogenated alkanes) is 1. The van der Waals surface area contributed by atoms with Crippen molar-refractivity contribution in [2.45, 2.75) is 53.0 Å². The maximum atomic E-state index is 12.3. The molecule has 1 atom stereocenters. The maximum absolute atomic E-state index is 12.3. The van der Waals surface area contributed by atoms with Crippen LogP contribution in [0.5, 0.6) is 0 Å². The van der Waals surface area contributed by atoms with Crippen LogP contribution in [0, 0.1) is 5.92 Å². The molecule has 0 bridgehead atoms. The monoisotopic (exact) mass is 279 g/mol. The molecule has 20 heavy (non-hydrogen) atoms. The van der Waals surface area contributed by atoms with E-state index in [1.54, 1.807) is 23.8 Å². The third kappa shape index (κ3) is 4.51. The average Bonchev–Trinajstić information content (AvgIpc) is 2.45. The molecule has 0 aromatic carbocycles. The van der Waals surface area contributed by atoms with Crippen LogP contribution in [0.25, 0.3) is 0 Å². The summed E-state index contributed by atoms with van der Waals surface area (Å²) in [5, 5.41) is 0. The van der Waals surface area contributed by atoms with Crippen LogP contribution in [-0.2, 0) is 11.3 Å². The smallest absolute Gasteiger partial charge is 0.343 e. The highest BCUT2D eigenvalue weighted by molar-refractivity contribution is 5.88. The van der Waals surface area contributed by atoms with Gasteiger partial charge in [-0.1, -0.05) is 33.1 Å². The van der Waals surface area contributed by atoms with Gasteiger partial charge in [0.05, 0.1) is 6.61 Å². The molecule has 0 amide bonds. The van der Waals surface area contributed by atoms with Crippen molar-refractivity contribution >= 4 is 5.97 Å². The van der Waals surface area contributed by atoms with Gasteiger partial charge in [0, 0.05) is 12.7 Å². The highest BCUT2D eigenvalue weighted by atomic mass is 16.5. The van der Waals surface area contributed by atoms with Crippen LogP contribution in [0.1, 0.15) is 56.8 Å². The molecular weight excluding hydrogens is 254 g/mol. The Morgan fingerprint density at radius 3 is 2.70 bits per heavy atom. The summed E-state index contributed by atoms with van der Waals surface area (Å²) in [5.74, 6) is -0.0569. The van der Waals surface area contributed by atoms with Crippen molar-refractivity contribution in [3.63, 3.8) is 0 Å². The maximum Gasteiger partial charge on any atom is 0.343 e. The summed E-state index contributed by atoms with van der Waals surface area (Å²) in [4.78, 5) is 24.0. The number of carbonyl (C=O) groups excluding carboxylic acids is 1. The summed E-state index contributed by atoms with van der Waals surface area (Å²) in [6.07, 6.45) is 6.23. The molecule has 4 heteroatoms. The Balaban J connectivity index is 2.88. The van der Waals surface area contributed by atoms with E-state index < -0.39 is 5.97 Å². The van der Waals surface area contributed by atoms with Gasteiger partial charge >= 0.3 is 5.97 Å². The third-order valence-electron chi connectivity index (χ3n) is 3.51. The van der Waals surface area contributed by atoms with Gasteiger partial charge in [-0.15, -0.1) is 0 Å². The molecule has 0 aliphatic rings. The summed E-state index contributed by atoms with van der Waals surface area (Å²) < 4.78 is 6.54. The van der Waals surface area contributed by atoms with Crippen LogP contribution >= 0.6 is 0 Å². The minimum absolute atomic E-state index is 0.125. The number of pyridine rings is 1. The van der Waals surface area contributed by atoms with E-state index in [0.29, 0.717) is 12.5 Å². The van der Waals surface area contributed by atoms with Gasteiger partial charge < -0.3 is 9.30 Å². The van der Waals surface area contributed by atoms with E-state index in [2.05, 4.69) is 13.8 Å². The first-order valence-electron chi connectivity index (χ1n) is 7.50. The molecule has 1 unspecified atom stereocenters. The highest BCUT2D eigenvalue weighted by Crippen LogP contribution is 2.14. The van der Waals surface area contributed by atoms with Gasteiger partial charge in [0.1, 0.15) is 5.56 Å². The molecule has 1 rings (SSSR count). The Kier molecular flexibility index (Phi) is 7.05. The number of nitrogens with zero attached hydrogens (tertiary/aromatic N) is 1. The van der Waals surface area contributed by atoms with Gasteiger partial charge in [-0.25, -0.2) is 4.79 Å². The molecular formula is C16H25NO3. The molecule has 0 radical (unpaired) electrons. The van der Waals surface area contributed by atoms with E-state index in [9.17, 15) is 9.59 Å². The lowest BCUT2D eigenvalue weighted by Crippen LogP contribution is -2.29. The molecule has 1 aromatic rings. The molecule has 0 N–H and O–H groups in total. The summed E-state index contributed by atoms with van der Waals surface area (Å²) >= 11 is 0. The Hall–Kier alpha value is -1.58. The van der Waals surface area contributed by atoms with Gasteiger partial charge in [-0.3, -0.25) is 4.79 Å². The SMILES string of the molecule is CCCCC(CC)Cn1cccc(C(=O)OCC)c1=O. The zero-order valence-corrected chi connectivity index (χ0v) is 12.7. The van der Waals surface area contributed by atoms with E-state index in [1.165, 1.54) is 12.5 Å². The van der Waals surface area contributed by atoms with E-state index in [0.717, 1.165) is 19.3 Å². The minimum Gasteiger partial charge on any atom is -0.462 e. The van der Waals surface area contributed by atoms with Crippen molar-refractivity contribution in [1.29, 1.82) is 0 Å². The van der Waals surface area contributed by atoms with Crippen molar-refractivity contribution in [3.05, 3.63) is 34.2 Å². The Bertz CT molecular complexity index is 479. The molecule has 1 heterocycles. The summed E-state index contributed by atoms with van der Waals surface area (Å²) in [6.45, 7) is 6.99. The van der Waals surface area contributed by atoms with Crippen LogP contribution in [0.4, 0.5) is 0 Å². The largest absolute Gasteiger partial charge is 0.462 e. The molecule has 0 fully saturated rings. The second kappa shape index (κ2) is 8.56. The summed E-state index contributed by atoms with van der Waals surface area (Å²) in [7, 11) is 0. The van der Waals surface area contributed by atoms with Crippen molar-refractivity contribution in [3.8, 4) is 0 Å². The molecule has 0 saturated heterocycles. The van der Waals surface area contributed by atoms with Gasteiger partial charge in [0.25, 0.3) is 5.56 Å². The van der Waals surface area contributed by atoms with Crippen molar-refractivity contribution in [2.75, 3.05) is 6.61 Å². The normalized spacial score (nSPS) is 12.2. The van der Waals surface area contributed by atoms with Crippen LogP contribution in [0.3, 0.4) is 0 Å². The molecule has 0 spiro atoms. The fourth-order valence-electron chi connectivity index (χ4n) is 2.24. The first-order valence-corrected chi connectivity index (χ1v) is 7.50. The number of esters is 1. The molecule has 0 aliphatic heterocycles. The Labute approximate surface area is 120 Å². The van der Waals surface area contributed by atoms with E-state index in [4.69, 9.17) is 4.74 Å². The quantitative estimate of drug-likeness (QED) is 0.686. The van der Waals surface area contributed by atoms with Gasteiger partial charge in [0.15, 0.2) is 0 Å². The van der Waals surface area contributed by atoms with E-state index in [-0.39, 0.29) is 17.7 Å². The number of hydrogen-bond acceptors (Lipinski definition) is 3. The lowest BCUT2D eigenvalue weighted by molar-refractivity contribution is 0.0523. The van der Waals surface area contributed by atoms with Crippen LogP contribution in [0.15, 0.2) is 23.1 Å². The molecule has 112 valence electrons. The molecule has 4 nitrogen and oxygen atoms in total. The zero-order chi connectivity index (χ0) is 15.0. The lowest BCUT2D eigenvalue weighted by Gasteiger charge is -2.16.